The molecule has 0 saturated heterocycles. The molecule has 0 aromatic rings. The lowest BCUT2D eigenvalue weighted by atomic mass is 10.3. The molecule has 0 rings (SSSR count). The van der Waals surface area contributed by atoms with E-state index in [0.717, 1.165) is 12.8 Å². The molecule has 0 atom stereocenters. The summed E-state index contributed by atoms with van der Waals surface area (Å²) in [5.41, 5.74) is 0. The van der Waals surface area contributed by atoms with Crippen LogP contribution in [0.2, 0.25) is 0 Å². The zero-order chi connectivity index (χ0) is 6.41. The van der Waals surface area contributed by atoms with Crippen LogP contribution in [0, 0.1) is 0 Å². The minimum Gasteiger partial charge on any atom is -0.155 e. The Morgan fingerprint density at radius 3 is 2.62 bits per heavy atom. The molecule has 0 spiro atoms. The van der Waals surface area contributed by atoms with E-state index in [9.17, 15) is 4.53 Å². The number of hydroxylamine groups is 2. The highest BCUT2D eigenvalue weighted by Gasteiger charge is 1.93. The molecule has 0 N–H and O–H groups in total. The van der Waals surface area contributed by atoms with Crippen LogP contribution >= 0.6 is 0 Å². The predicted octanol–water partition coefficient (Wildman–Crippen LogP) is 1.53. The van der Waals surface area contributed by atoms with Gasteiger partial charge in [0.05, 0.1) is 0 Å². The number of unbranched alkanes of at least 4 members (excludes halogenated alkanes) is 1. The van der Waals surface area contributed by atoms with Gasteiger partial charge in [-0.1, -0.05) is 18.4 Å². The Morgan fingerprint density at radius 2 is 2.25 bits per heavy atom. The van der Waals surface area contributed by atoms with Gasteiger partial charge < -0.3 is 0 Å². The summed E-state index contributed by atoms with van der Waals surface area (Å²) in [5, 5.41) is 4.56. The highest BCUT2D eigenvalue weighted by Crippen LogP contribution is 1.91. The van der Waals surface area contributed by atoms with E-state index in [1.54, 1.807) is 7.05 Å². The van der Waals surface area contributed by atoms with Crippen molar-refractivity contribution < 1.29 is 9.57 Å². The molecule has 0 aromatic heterocycles. The van der Waals surface area contributed by atoms with Crippen LogP contribution in [-0.2, 0) is 5.04 Å². The number of hydrogen-bond donors (Lipinski definition) is 0. The van der Waals surface area contributed by atoms with Crippen LogP contribution in [0.3, 0.4) is 0 Å². The van der Waals surface area contributed by atoms with E-state index in [4.69, 9.17) is 0 Å². The van der Waals surface area contributed by atoms with E-state index >= 15 is 0 Å². The van der Waals surface area contributed by atoms with Crippen molar-refractivity contribution in [2.75, 3.05) is 13.6 Å². The van der Waals surface area contributed by atoms with E-state index in [2.05, 4.69) is 5.04 Å². The zero-order valence-corrected chi connectivity index (χ0v) is 5.35. The van der Waals surface area contributed by atoms with Crippen molar-refractivity contribution in [1.82, 2.24) is 5.06 Å². The minimum atomic E-state index is 0.660. The number of hydrogen-bond acceptors (Lipinski definition) is 2. The average molecular weight is 121 g/mol. The van der Waals surface area contributed by atoms with Crippen molar-refractivity contribution in [2.45, 2.75) is 19.8 Å². The summed E-state index contributed by atoms with van der Waals surface area (Å²) in [5.74, 6) is 0. The van der Waals surface area contributed by atoms with Crippen LogP contribution in [0.25, 0.3) is 0 Å². The molecular formula is C5H12FNO. The van der Waals surface area contributed by atoms with Gasteiger partial charge >= 0.3 is 0 Å². The van der Waals surface area contributed by atoms with Crippen LogP contribution < -0.4 is 0 Å². The Morgan fingerprint density at radius 1 is 1.62 bits per heavy atom. The Kier molecular flexibility index (Phi) is 4.90. The fourth-order valence-corrected chi connectivity index (χ4v) is 0.415. The molecule has 0 aliphatic heterocycles. The fraction of sp³-hybridized carbons (Fsp3) is 1.00. The van der Waals surface area contributed by atoms with Crippen LogP contribution in [0.1, 0.15) is 19.8 Å². The SMILES string of the molecule is CCCCN(C)OF. The normalized spacial score (nSPS) is 10.5. The number of rotatable bonds is 4. The number of nitrogens with zero attached hydrogens (tertiary/aromatic N) is 1. The molecule has 8 heavy (non-hydrogen) atoms. The van der Waals surface area contributed by atoms with Gasteiger partial charge in [-0.15, -0.1) is 0 Å². The van der Waals surface area contributed by atoms with Gasteiger partial charge in [0.15, 0.2) is 0 Å². The topological polar surface area (TPSA) is 12.5 Å². The molecule has 2 nitrogen and oxygen atoms in total. The van der Waals surface area contributed by atoms with Crippen molar-refractivity contribution in [3.8, 4) is 0 Å². The maximum absolute atomic E-state index is 11.1. The quantitative estimate of drug-likeness (QED) is 0.523. The van der Waals surface area contributed by atoms with E-state index in [1.807, 2.05) is 6.92 Å². The predicted molar refractivity (Wildman–Crippen MR) is 29.7 cm³/mol. The highest BCUT2D eigenvalue weighted by atomic mass is 19.3. The average Bonchev–Trinajstić information content (AvgIpc) is 1.83. The molecule has 0 aliphatic carbocycles. The summed E-state index contributed by atoms with van der Waals surface area (Å²) in [6, 6.07) is 0. The Hall–Kier alpha value is -0.150. The second-order valence-corrected chi connectivity index (χ2v) is 1.77. The molecule has 0 fully saturated rings. The van der Waals surface area contributed by atoms with Gasteiger partial charge in [0, 0.05) is 13.6 Å². The van der Waals surface area contributed by atoms with Gasteiger partial charge in [-0.2, -0.15) is 5.06 Å². The third kappa shape index (κ3) is 4.02. The monoisotopic (exact) mass is 121 g/mol. The third-order valence-corrected chi connectivity index (χ3v) is 0.944. The molecule has 0 aliphatic rings. The van der Waals surface area contributed by atoms with E-state index < -0.39 is 0 Å². The van der Waals surface area contributed by atoms with Crippen molar-refractivity contribution in [3.63, 3.8) is 0 Å². The highest BCUT2D eigenvalue weighted by molar-refractivity contribution is 4.35. The maximum atomic E-state index is 11.1. The maximum Gasteiger partial charge on any atom is 0.0270 e. The summed E-state index contributed by atoms with van der Waals surface area (Å²) in [6.45, 7) is 2.71. The van der Waals surface area contributed by atoms with Crippen LogP contribution in [0.15, 0.2) is 0 Å². The molecule has 0 bridgehead atoms. The summed E-state index contributed by atoms with van der Waals surface area (Å²) in [6.07, 6.45) is 2.04. The van der Waals surface area contributed by atoms with Gasteiger partial charge in [0.2, 0.25) is 0 Å². The molecule has 0 saturated carbocycles. The summed E-state index contributed by atoms with van der Waals surface area (Å²) >= 11 is 0. The van der Waals surface area contributed by atoms with Crippen molar-refractivity contribution in [2.24, 2.45) is 0 Å². The molecule has 50 valence electrons. The van der Waals surface area contributed by atoms with Crippen molar-refractivity contribution >= 4 is 0 Å². The molecule has 0 radical (unpaired) electrons. The van der Waals surface area contributed by atoms with Crippen molar-refractivity contribution in [1.29, 1.82) is 0 Å². The zero-order valence-electron chi connectivity index (χ0n) is 5.35. The third-order valence-electron chi connectivity index (χ3n) is 0.944. The van der Waals surface area contributed by atoms with Gasteiger partial charge in [0.1, 0.15) is 0 Å². The first kappa shape index (κ1) is 7.85. The van der Waals surface area contributed by atoms with Crippen molar-refractivity contribution in [3.05, 3.63) is 0 Å². The molecule has 0 unspecified atom stereocenters. The molecule has 3 heteroatoms. The lowest BCUT2D eigenvalue weighted by Gasteiger charge is -2.06. The molecule has 0 heterocycles. The Labute approximate surface area is 49.1 Å². The smallest absolute Gasteiger partial charge is 0.0270 e. The fourth-order valence-electron chi connectivity index (χ4n) is 0.415. The first-order valence-corrected chi connectivity index (χ1v) is 2.81. The van der Waals surface area contributed by atoms with Crippen LogP contribution in [-0.4, -0.2) is 18.7 Å². The number of halogens is 1. The first-order chi connectivity index (χ1) is 3.81. The summed E-state index contributed by atoms with van der Waals surface area (Å²) < 4.78 is 11.1. The van der Waals surface area contributed by atoms with Gasteiger partial charge in [-0.05, 0) is 10.9 Å². The Balaban J connectivity index is 2.86. The second-order valence-electron chi connectivity index (χ2n) is 1.77. The first-order valence-electron chi connectivity index (χ1n) is 2.81. The molecule has 0 aromatic carbocycles. The van der Waals surface area contributed by atoms with E-state index in [1.165, 1.54) is 5.06 Å². The standard InChI is InChI=1S/C5H12FNO/c1-3-4-5-7(2)8-6/h3-5H2,1-2H3. The van der Waals surface area contributed by atoms with E-state index in [0.29, 0.717) is 6.54 Å². The van der Waals surface area contributed by atoms with Gasteiger partial charge in [-0.25, -0.2) is 0 Å². The summed E-state index contributed by atoms with van der Waals surface area (Å²) in [7, 11) is 1.57. The molecule has 0 amide bonds. The lowest BCUT2D eigenvalue weighted by molar-refractivity contribution is -0.310. The largest absolute Gasteiger partial charge is 0.155 e. The van der Waals surface area contributed by atoms with Crippen LogP contribution in [0.4, 0.5) is 4.53 Å². The summed E-state index contributed by atoms with van der Waals surface area (Å²) in [4.78, 5) is 0. The van der Waals surface area contributed by atoms with Crippen LogP contribution in [0.5, 0.6) is 0 Å². The second kappa shape index (κ2) is 5.00. The Bertz CT molecular complexity index is 51.7. The van der Waals surface area contributed by atoms with Gasteiger partial charge in [-0.3, -0.25) is 0 Å². The van der Waals surface area contributed by atoms with E-state index in [-0.39, 0.29) is 0 Å². The van der Waals surface area contributed by atoms with Gasteiger partial charge in [0.25, 0.3) is 0 Å². The lowest BCUT2D eigenvalue weighted by Crippen LogP contribution is -2.15. The molecular weight excluding hydrogens is 109 g/mol. The minimum absolute atomic E-state index is 0.660.